The first-order chi connectivity index (χ1) is 25.4. The van der Waals surface area contributed by atoms with Crippen LogP contribution in [0.1, 0.15) is 13.0 Å². The number of para-hydroxylation sites is 1. The number of carbonyl (C=O) groups excluding carboxylic acids is 1. The summed E-state index contributed by atoms with van der Waals surface area (Å²) >= 11 is 2.47. The summed E-state index contributed by atoms with van der Waals surface area (Å²) in [5.74, 6) is -0.0179. The van der Waals surface area contributed by atoms with Crippen LogP contribution in [0.15, 0.2) is 118 Å². The van der Waals surface area contributed by atoms with Crippen molar-refractivity contribution in [1.29, 1.82) is 0 Å². The topological polar surface area (TPSA) is 185 Å². The van der Waals surface area contributed by atoms with Crippen LogP contribution in [0.3, 0.4) is 0 Å². The fourth-order valence-electron chi connectivity index (χ4n) is 5.96. The van der Waals surface area contributed by atoms with Crippen molar-refractivity contribution >= 4 is 81.2 Å². The van der Waals surface area contributed by atoms with Crippen LogP contribution in [0.25, 0.3) is 10.9 Å². The van der Waals surface area contributed by atoms with E-state index in [0.29, 0.717) is 23.4 Å². The Morgan fingerprint density at radius 1 is 0.755 bits per heavy atom. The molecule has 18 heteroatoms. The first-order valence-electron chi connectivity index (χ1n) is 16.6. The van der Waals surface area contributed by atoms with Gasteiger partial charge in [0.05, 0.1) is 15.8 Å². The van der Waals surface area contributed by atoms with E-state index >= 15 is 0 Å². The van der Waals surface area contributed by atoms with Crippen molar-refractivity contribution < 1.29 is 21.6 Å². The van der Waals surface area contributed by atoms with Gasteiger partial charge in [0.2, 0.25) is 5.91 Å². The lowest BCUT2D eigenvalue weighted by molar-refractivity contribution is -0.124. The van der Waals surface area contributed by atoms with Crippen LogP contribution in [0.2, 0.25) is 0 Å². The lowest BCUT2D eigenvalue weighted by atomic mass is 10.1. The number of nitrogens with two attached hydrogens (primary N) is 1. The molecule has 0 aliphatic carbocycles. The lowest BCUT2D eigenvalue weighted by Crippen LogP contribution is -2.60. The maximum Gasteiger partial charge on any atom is 0.263 e. The summed E-state index contributed by atoms with van der Waals surface area (Å²) in [7, 11) is -7.24. The zero-order chi connectivity index (χ0) is 37.2. The molecular formula is C35H37N9O5S4. The molecule has 0 bridgehead atoms. The number of fused-ring (bicyclic) bond motifs is 1. The van der Waals surface area contributed by atoms with E-state index in [4.69, 9.17) is 5.73 Å². The zero-order valence-electron chi connectivity index (χ0n) is 28.4. The largest absolute Gasteiger partial charge is 0.368 e. The van der Waals surface area contributed by atoms with Crippen molar-refractivity contribution in [2.45, 2.75) is 34.8 Å². The maximum absolute atomic E-state index is 12.8. The summed E-state index contributed by atoms with van der Waals surface area (Å²) < 4.78 is 56.1. The average Bonchev–Trinajstić information content (AvgIpc) is 3.91. The van der Waals surface area contributed by atoms with Gasteiger partial charge in [0.25, 0.3) is 20.0 Å². The van der Waals surface area contributed by atoms with Crippen molar-refractivity contribution in [3.05, 3.63) is 108 Å². The number of amides is 1. The number of hydrogen-bond acceptors (Lipinski definition) is 12. The number of carbonyl (C=O) groups is 1. The molecule has 53 heavy (non-hydrogen) atoms. The number of thiazole rings is 2. The quantitative estimate of drug-likeness (QED) is 0.145. The van der Waals surface area contributed by atoms with E-state index in [1.807, 2.05) is 48.0 Å². The van der Waals surface area contributed by atoms with E-state index in [2.05, 4.69) is 34.5 Å². The van der Waals surface area contributed by atoms with Gasteiger partial charge in [-0.2, -0.15) is 0 Å². The Bertz CT molecular complexity index is 2370. The van der Waals surface area contributed by atoms with Gasteiger partial charge in [0.1, 0.15) is 6.04 Å². The molecule has 0 spiro atoms. The monoisotopic (exact) mass is 791 g/mol. The highest BCUT2D eigenvalue weighted by molar-refractivity contribution is 7.93. The highest BCUT2D eigenvalue weighted by atomic mass is 32.2. The molecule has 8 rings (SSSR count). The molecule has 1 atom stereocenters. The van der Waals surface area contributed by atoms with Crippen LogP contribution >= 0.6 is 22.7 Å². The standard InChI is InChI=1S/C23H23N5O3S2.C12H14N4O2S2/c1-16(28-12-10-17-4-2-3-5-21(17)28)22(29)25-18-14-27(15-18)19-6-8-20(9-7-19)33(30,31)26-23-24-11-13-32-23;13-9-7-16(8-9)10-1-3-11(4-2-10)20(17,18)15-12-14-5-6-19-12/h2-13,16,18H,14-15H2,1H3,(H,24,26)(H,25,29);1-6,9H,7-8,13H2,(H,14,15)/t16-;/m0./s1. The van der Waals surface area contributed by atoms with Crippen LogP contribution in [0, 0.1) is 0 Å². The number of sulfonamides is 2. The number of aromatic nitrogens is 3. The molecule has 2 aliphatic rings. The van der Waals surface area contributed by atoms with Gasteiger partial charge in [-0.05, 0) is 73.0 Å². The Labute approximate surface area is 315 Å². The molecule has 0 saturated carbocycles. The third-order valence-electron chi connectivity index (χ3n) is 8.90. The number of rotatable bonds is 11. The van der Waals surface area contributed by atoms with Gasteiger partial charge >= 0.3 is 0 Å². The minimum Gasteiger partial charge on any atom is -0.368 e. The summed E-state index contributed by atoms with van der Waals surface area (Å²) in [5, 5.41) is 8.35. The Morgan fingerprint density at radius 2 is 1.26 bits per heavy atom. The van der Waals surface area contributed by atoms with Crippen molar-refractivity contribution in [3.8, 4) is 0 Å². The van der Waals surface area contributed by atoms with Crippen LogP contribution in [-0.4, -0.2) is 75.5 Å². The van der Waals surface area contributed by atoms with E-state index in [1.54, 1.807) is 71.7 Å². The number of benzene rings is 3. The first-order valence-corrected chi connectivity index (χ1v) is 21.3. The van der Waals surface area contributed by atoms with Gasteiger partial charge in [0, 0.05) is 78.5 Å². The van der Waals surface area contributed by atoms with Crippen molar-refractivity contribution in [3.63, 3.8) is 0 Å². The average molecular weight is 792 g/mol. The molecule has 5 N–H and O–H groups in total. The Hall–Kier alpha value is -5.01. The molecule has 2 aliphatic heterocycles. The third-order valence-corrected chi connectivity index (χ3v) is 13.2. The van der Waals surface area contributed by atoms with E-state index in [1.165, 1.54) is 22.7 Å². The second-order valence-electron chi connectivity index (χ2n) is 12.6. The summed E-state index contributed by atoms with van der Waals surface area (Å²) in [5.41, 5.74) is 8.67. The SMILES string of the molecule is C[C@@H](C(=O)NC1CN(c2ccc(S(=O)(=O)Nc3nccs3)cc2)C1)n1ccc2ccccc21.NC1CN(c2ccc(S(=O)(=O)Nc3nccs3)cc2)C1. The molecule has 2 fully saturated rings. The minimum atomic E-state index is -3.67. The molecule has 0 unspecified atom stereocenters. The maximum atomic E-state index is 12.8. The van der Waals surface area contributed by atoms with Crippen molar-refractivity contribution in [2.75, 3.05) is 45.4 Å². The first kappa shape index (κ1) is 36.4. The Balaban J connectivity index is 0.000000186. The Kier molecular flexibility index (Phi) is 10.4. The zero-order valence-corrected chi connectivity index (χ0v) is 31.7. The number of anilines is 4. The second-order valence-corrected chi connectivity index (χ2v) is 17.8. The smallest absolute Gasteiger partial charge is 0.263 e. The fourth-order valence-corrected chi connectivity index (χ4v) is 9.54. The second kappa shape index (κ2) is 15.2. The highest BCUT2D eigenvalue weighted by Crippen LogP contribution is 2.27. The molecule has 14 nitrogen and oxygen atoms in total. The Morgan fingerprint density at radius 3 is 1.75 bits per heavy atom. The van der Waals surface area contributed by atoms with Crippen LogP contribution in [0.5, 0.6) is 0 Å². The summed E-state index contributed by atoms with van der Waals surface area (Å²) in [6.07, 6.45) is 5.05. The lowest BCUT2D eigenvalue weighted by Gasteiger charge is -2.41. The van der Waals surface area contributed by atoms with Gasteiger partial charge < -0.3 is 25.4 Å². The summed E-state index contributed by atoms with van der Waals surface area (Å²) in [6, 6.07) is 23.5. The summed E-state index contributed by atoms with van der Waals surface area (Å²) in [6.45, 7) is 4.87. The predicted molar refractivity (Wildman–Crippen MR) is 210 cm³/mol. The summed E-state index contributed by atoms with van der Waals surface area (Å²) in [4.78, 5) is 25.3. The molecule has 2 saturated heterocycles. The van der Waals surface area contributed by atoms with Crippen molar-refractivity contribution in [2.24, 2.45) is 5.73 Å². The fraction of sp³-hybridized carbons (Fsp3) is 0.229. The normalized spacial score (nSPS) is 15.5. The van der Waals surface area contributed by atoms with Gasteiger partial charge in [-0.15, -0.1) is 22.7 Å². The number of nitrogens with one attached hydrogen (secondary N) is 3. The highest BCUT2D eigenvalue weighted by Gasteiger charge is 2.30. The minimum absolute atomic E-state index is 0.0179. The van der Waals surface area contributed by atoms with Crippen LogP contribution < -0.4 is 30.3 Å². The van der Waals surface area contributed by atoms with Crippen LogP contribution in [0.4, 0.5) is 21.6 Å². The van der Waals surface area contributed by atoms with E-state index < -0.39 is 20.0 Å². The van der Waals surface area contributed by atoms with Crippen molar-refractivity contribution in [1.82, 2.24) is 19.9 Å². The van der Waals surface area contributed by atoms with Gasteiger partial charge in [-0.25, -0.2) is 26.8 Å². The van der Waals surface area contributed by atoms with Gasteiger partial charge in [-0.1, -0.05) is 18.2 Å². The predicted octanol–water partition coefficient (Wildman–Crippen LogP) is 4.56. The van der Waals surface area contributed by atoms with E-state index in [-0.39, 0.29) is 33.8 Å². The molecule has 5 heterocycles. The molecule has 6 aromatic rings. The molecule has 0 radical (unpaired) electrons. The van der Waals surface area contributed by atoms with Crippen LogP contribution in [-0.2, 0) is 24.8 Å². The molecule has 3 aromatic carbocycles. The van der Waals surface area contributed by atoms with Gasteiger partial charge in [-0.3, -0.25) is 14.2 Å². The molecule has 3 aromatic heterocycles. The number of nitrogens with zero attached hydrogens (tertiary/aromatic N) is 5. The van der Waals surface area contributed by atoms with E-state index in [9.17, 15) is 21.6 Å². The number of hydrogen-bond donors (Lipinski definition) is 4. The van der Waals surface area contributed by atoms with E-state index in [0.717, 1.165) is 35.4 Å². The third kappa shape index (κ3) is 8.31. The molecular weight excluding hydrogens is 755 g/mol. The van der Waals surface area contributed by atoms with Gasteiger partial charge in [0.15, 0.2) is 10.3 Å². The molecule has 1 amide bonds. The molecule has 276 valence electrons.